The van der Waals surface area contributed by atoms with Crippen molar-refractivity contribution in [2.45, 2.75) is 0 Å². The predicted octanol–water partition coefficient (Wildman–Crippen LogP) is 4.82. The maximum absolute atomic E-state index is 12.5. The van der Waals surface area contributed by atoms with E-state index >= 15 is 0 Å². The van der Waals surface area contributed by atoms with Gasteiger partial charge < -0.3 is 9.30 Å². The molecule has 3 aromatic carbocycles. The van der Waals surface area contributed by atoms with E-state index < -0.39 is 0 Å². The van der Waals surface area contributed by atoms with E-state index in [9.17, 15) is 4.79 Å². The number of para-hydroxylation sites is 2. The Hall–Kier alpha value is -3.40. The highest BCUT2D eigenvalue weighted by atomic mass is 16.5. The number of benzene rings is 3. The monoisotopic (exact) mass is 340 g/mol. The molecular weight excluding hydrogens is 324 g/mol. The van der Waals surface area contributed by atoms with E-state index in [1.165, 1.54) is 7.11 Å². The number of fused-ring (bicyclic) bond motifs is 6. The first kappa shape index (κ1) is 14.9. The molecule has 0 radical (unpaired) electrons. The van der Waals surface area contributed by atoms with Gasteiger partial charge in [0.2, 0.25) is 0 Å². The molecule has 126 valence electrons. The van der Waals surface area contributed by atoms with Gasteiger partial charge in [0.25, 0.3) is 0 Å². The highest BCUT2D eigenvalue weighted by Gasteiger charge is 2.20. The minimum atomic E-state index is -0.332. The second-order valence-corrected chi connectivity index (χ2v) is 6.47. The van der Waals surface area contributed by atoms with Crippen molar-refractivity contribution in [1.82, 2.24) is 9.55 Å². The lowest BCUT2D eigenvalue weighted by Gasteiger charge is -2.09. The molecule has 0 aliphatic heterocycles. The van der Waals surface area contributed by atoms with Gasteiger partial charge in [-0.05, 0) is 24.3 Å². The SMILES string of the molecule is COC(=O)c1cc2cc3ccccc3nc2c2c1c1ccccc1n2C. The number of hydrogen-bond donors (Lipinski definition) is 0. The number of aromatic nitrogens is 2. The summed E-state index contributed by atoms with van der Waals surface area (Å²) in [6.45, 7) is 0. The van der Waals surface area contributed by atoms with Gasteiger partial charge in [0.1, 0.15) is 0 Å². The number of methoxy groups -OCH3 is 1. The fraction of sp³-hybridized carbons (Fsp3) is 0.0909. The molecule has 0 aliphatic carbocycles. The Morgan fingerprint density at radius 3 is 2.62 bits per heavy atom. The molecule has 0 fully saturated rings. The van der Waals surface area contributed by atoms with Crippen LogP contribution in [0.5, 0.6) is 0 Å². The van der Waals surface area contributed by atoms with Crippen molar-refractivity contribution in [2.75, 3.05) is 7.11 Å². The molecule has 0 unspecified atom stereocenters. The molecule has 5 rings (SSSR count). The lowest BCUT2D eigenvalue weighted by atomic mass is 10.0. The fourth-order valence-corrected chi connectivity index (χ4v) is 3.87. The normalized spacial score (nSPS) is 11.6. The van der Waals surface area contributed by atoms with Crippen LogP contribution in [0.1, 0.15) is 10.4 Å². The number of esters is 1. The van der Waals surface area contributed by atoms with Gasteiger partial charge in [-0.3, -0.25) is 0 Å². The summed E-state index contributed by atoms with van der Waals surface area (Å²) < 4.78 is 7.18. The van der Waals surface area contributed by atoms with Crippen LogP contribution in [-0.2, 0) is 11.8 Å². The van der Waals surface area contributed by atoms with E-state index in [0.717, 1.165) is 43.6 Å². The summed E-state index contributed by atoms with van der Waals surface area (Å²) in [4.78, 5) is 17.5. The van der Waals surface area contributed by atoms with Gasteiger partial charge in [-0.1, -0.05) is 36.4 Å². The van der Waals surface area contributed by atoms with Crippen molar-refractivity contribution < 1.29 is 9.53 Å². The first-order valence-electron chi connectivity index (χ1n) is 8.47. The average molecular weight is 340 g/mol. The zero-order valence-corrected chi connectivity index (χ0v) is 14.5. The molecule has 0 spiro atoms. The number of rotatable bonds is 1. The van der Waals surface area contributed by atoms with E-state index in [2.05, 4.69) is 16.7 Å². The van der Waals surface area contributed by atoms with Crippen molar-refractivity contribution in [1.29, 1.82) is 0 Å². The quantitative estimate of drug-likeness (QED) is 0.325. The molecule has 0 saturated carbocycles. The predicted molar refractivity (Wildman–Crippen MR) is 105 cm³/mol. The number of nitrogens with zero attached hydrogens (tertiary/aromatic N) is 2. The third-order valence-electron chi connectivity index (χ3n) is 5.06. The maximum Gasteiger partial charge on any atom is 0.338 e. The third-order valence-corrected chi connectivity index (χ3v) is 5.06. The highest BCUT2D eigenvalue weighted by Crippen LogP contribution is 2.36. The second-order valence-electron chi connectivity index (χ2n) is 6.47. The van der Waals surface area contributed by atoms with Gasteiger partial charge in [0.15, 0.2) is 0 Å². The maximum atomic E-state index is 12.5. The van der Waals surface area contributed by atoms with Crippen LogP contribution >= 0.6 is 0 Å². The van der Waals surface area contributed by atoms with Crippen molar-refractivity contribution >= 4 is 49.6 Å². The molecular formula is C22H16N2O2. The topological polar surface area (TPSA) is 44.1 Å². The van der Waals surface area contributed by atoms with Gasteiger partial charge in [-0.25, -0.2) is 9.78 Å². The molecule has 0 bridgehead atoms. The lowest BCUT2D eigenvalue weighted by Crippen LogP contribution is -2.03. The van der Waals surface area contributed by atoms with E-state index in [0.29, 0.717) is 5.56 Å². The van der Waals surface area contributed by atoms with Crippen LogP contribution in [0.15, 0.2) is 60.7 Å². The van der Waals surface area contributed by atoms with Crippen LogP contribution < -0.4 is 0 Å². The summed E-state index contributed by atoms with van der Waals surface area (Å²) >= 11 is 0. The largest absolute Gasteiger partial charge is 0.465 e. The molecule has 0 saturated heterocycles. The fourth-order valence-electron chi connectivity index (χ4n) is 3.87. The van der Waals surface area contributed by atoms with Gasteiger partial charge in [0.05, 0.1) is 29.2 Å². The molecule has 0 N–H and O–H groups in total. The minimum absolute atomic E-state index is 0.332. The smallest absolute Gasteiger partial charge is 0.338 e. The number of hydrogen-bond acceptors (Lipinski definition) is 3. The number of carbonyl (C=O) groups is 1. The van der Waals surface area contributed by atoms with Crippen LogP contribution in [0, 0.1) is 0 Å². The molecule has 5 aromatic rings. The lowest BCUT2D eigenvalue weighted by molar-refractivity contribution is 0.0603. The minimum Gasteiger partial charge on any atom is -0.465 e. The Morgan fingerprint density at radius 2 is 1.77 bits per heavy atom. The van der Waals surface area contributed by atoms with Crippen LogP contribution in [-0.4, -0.2) is 22.6 Å². The van der Waals surface area contributed by atoms with Crippen LogP contribution in [0.4, 0.5) is 0 Å². The summed E-state index contributed by atoms with van der Waals surface area (Å²) in [5.74, 6) is -0.332. The van der Waals surface area contributed by atoms with Crippen molar-refractivity contribution in [3.63, 3.8) is 0 Å². The molecule has 2 heterocycles. The summed E-state index contributed by atoms with van der Waals surface area (Å²) in [5.41, 5.74) is 4.43. The average Bonchev–Trinajstić information content (AvgIpc) is 2.99. The van der Waals surface area contributed by atoms with Gasteiger partial charge in [-0.15, -0.1) is 0 Å². The van der Waals surface area contributed by atoms with E-state index in [1.807, 2.05) is 55.6 Å². The molecule has 2 aromatic heterocycles. The standard InChI is InChI=1S/C22H16N2O2/c1-24-18-10-6-4-8-15(18)19-16(22(25)26-2)12-14-11-13-7-3-5-9-17(13)23-20(14)21(19)24/h3-12H,1-2H3. The summed E-state index contributed by atoms with van der Waals surface area (Å²) in [6, 6.07) is 20.1. The van der Waals surface area contributed by atoms with E-state index in [-0.39, 0.29) is 5.97 Å². The first-order valence-corrected chi connectivity index (χ1v) is 8.47. The zero-order chi connectivity index (χ0) is 17.8. The molecule has 4 heteroatoms. The molecule has 26 heavy (non-hydrogen) atoms. The van der Waals surface area contributed by atoms with Gasteiger partial charge in [-0.2, -0.15) is 0 Å². The summed E-state index contributed by atoms with van der Waals surface area (Å²) in [5, 5.41) is 3.91. The van der Waals surface area contributed by atoms with Gasteiger partial charge in [0, 0.05) is 34.1 Å². The Morgan fingerprint density at radius 1 is 1.00 bits per heavy atom. The number of aryl methyl sites for hydroxylation is 1. The second kappa shape index (κ2) is 5.30. The Labute approximate surface area is 149 Å². The number of carbonyl (C=O) groups excluding carboxylic acids is 1. The van der Waals surface area contributed by atoms with E-state index in [1.54, 1.807) is 0 Å². The highest BCUT2D eigenvalue weighted by molar-refractivity contribution is 6.24. The zero-order valence-electron chi connectivity index (χ0n) is 14.5. The summed E-state index contributed by atoms with van der Waals surface area (Å²) in [6.07, 6.45) is 0. The van der Waals surface area contributed by atoms with Crippen LogP contribution in [0.25, 0.3) is 43.6 Å². The molecule has 0 aliphatic rings. The molecule has 0 atom stereocenters. The van der Waals surface area contributed by atoms with Crippen molar-refractivity contribution in [3.8, 4) is 0 Å². The number of pyridine rings is 1. The number of ether oxygens (including phenoxy) is 1. The Balaban J connectivity index is 2.10. The molecule has 0 amide bonds. The van der Waals surface area contributed by atoms with Crippen LogP contribution in [0.2, 0.25) is 0 Å². The van der Waals surface area contributed by atoms with Gasteiger partial charge >= 0.3 is 5.97 Å². The van der Waals surface area contributed by atoms with E-state index in [4.69, 9.17) is 9.72 Å². The Bertz CT molecular complexity index is 1350. The van der Waals surface area contributed by atoms with Crippen molar-refractivity contribution in [3.05, 3.63) is 66.2 Å². The van der Waals surface area contributed by atoms with Crippen LogP contribution in [0.3, 0.4) is 0 Å². The first-order chi connectivity index (χ1) is 12.7. The Kier molecular flexibility index (Phi) is 3.04. The third kappa shape index (κ3) is 1.90. The molecule has 4 nitrogen and oxygen atoms in total. The summed E-state index contributed by atoms with van der Waals surface area (Å²) in [7, 11) is 3.43. The van der Waals surface area contributed by atoms with Crippen molar-refractivity contribution in [2.24, 2.45) is 7.05 Å².